The lowest BCUT2D eigenvalue weighted by molar-refractivity contribution is 0.247. The predicted octanol–water partition coefficient (Wildman–Crippen LogP) is 2.89. The van der Waals surface area contributed by atoms with Crippen molar-refractivity contribution in [3.63, 3.8) is 0 Å². The van der Waals surface area contributed by atoms with Gasteiger partial charge in [-0.2, -0.15) is 0 Å². The number of piperidine rings is 1. The van der Waals surface area contributed by atoms with Gasteiger partial charge in [-0.15, -0.1) is 0 Å². The molecule has 1 aromatic rings. The van der Waals surface area contributed by atoms with E-state index in [9.17, 15) is 0 Å². The number of nitrogens with one attached hydrogen (secondary N) is 1. The van der Waals surface area contributed by atoms with Gasteiger partial charge >= 0.3 is 0 Å². The average Bonchev–Trinajstić information content (AvgIpc) is 2.47. The van der Waals surface area contributed by atoms with Crippen molar-refractivity contribution in [3.8, 4) is 0 Å². The van der Waals surface area contributed by atoms with E-state index in [-0.39, 0.29) is 0 Å². The molecule has 0 saturated carbocycles. The van der Waals surface area contributed by atoms with E-state index >= 15 is 0 Å². The van der Waals surface area contributed by atoms with Crippen molar-refractivity contribution in [2.45, 2.75) is 38.8 Å². The quantitative estimate of drug-likeness (QED) is 0.891. The molecule has 0 spiro atoms. The average molecular weight is 275 g/mol. The van der Waals surface area contributed by atoms with E-state index in [0.717, 1.165) is 6.54 Å². The minimum atomic E-state index is 0.403. The van der Waals surface area contributed by atoms with Crippen molar-refractivity contribution in [3.05, 3.63) is 29.8 Å². The molecule has 2 rings (SSSR count). The second-order valence-corrected chi connectivity index (χ2v) is 6.01. The molecule has 3 heteroatoms. The van der Waals surface area contributed by atoms with Crippen LogP contribution in [0, 0.1) is 0 Å². The lowest BCUT2D eigenvalue weighted by atomic mass is 10.0. The van der Waals surface area contributed by atoms with Crippen molar-refractivity contribution in [1.82, 2.24) is 10.2 Å². The number of likely N-dealkylation sites (N-methyl/N-ethyl adjacent to an activating group) is 2. The zero-order valence-corrected chi connectivity index (χ0v) is 13.4. The molecule has 0 aromatic heterocycles. The fourth-order valence-corrected chi connectivity index (χ4v) is 3.24. The predicted molar refractivity (Wildman–Crippen MR) is 87.5 cm³/mol. The molecular weight excluding hydrogens is 246 g/mol. The lowest BCUT2D eigenvalue weighted by Gasteiger charge is -2.38. The van der Waals surface area contributed by atoms with Gasteiger partial charge in [-0.25, -0.2) is 0 Å². The van der Waals surface area contributed by atoms with Crippen LogP contribution in [0.3, 0.4) is 0 Å². The molecule has 1 saturated heterocycles. The first-order chi connectivity index (χ1) is 9.63. The van der Waals surface area contributed by atoms with Crippen LogP contribution in [0.25, 0.3) is 0 Å². The normalized spacial score (nSPS) is 21.7. The van der Waals surface area contributed by atoms with E-state index in [0.29, 0.717) is 12.1 Å². The Morgan fingerprint density at radius 2 is 2.15 bits per heavy atom. The summed E-state index contributed by atoms with van der Waals surface area (Å²) in [5.41, 5.74) is 2.78. The topological polar surface area (TPSA) is 18.5 Å². The van der Waals surface area contributed by atoms with Gasteiger partial charge in [0, 0.05) is 31.4 Å². The Balaban J connectivity index is 2.18. The van der Waals surface area contributed by atoms with Gasteiger partial charge in [-0.3, -0.25) is 0 Å². The summed E-state index contributed by atoms with van der Waals surface area (Å²) in [6, 6.07) is 9.85. The second-order valence-electron chi connectivity index (χ2n) is 6.01. The molecule has 112 valence electrons. The van der Waals surface area contributed by atoms with Crippen LogP contribution in [-0.2, 0) is 0 Å². The van der Waals surface area contributed by atoms with Crippen LogP contribution >= 0.6 is 0 Å². The van der Waals surface area contributed by atoms with Crippen LogP contribution in [-0.4, -0.2) is 44.7 Å². The van der Waals surface area contributed by atoms with Crippen molar-refractivity contribution >= 4 is 5.69 Å². The molecule has 1 fully saturated rings. The number of hydrogen-bond acceptors (Lipinski definition) is 3. The molecule has 2 unspecified atom stereocenters. The first kappa shape index (κ1) is 15.3. The summed E-state index contributed by atoms with van der Waals surface area (Å²) >= 11 is 0. The highest BCUT2D eigenvalue weighted by molar-refractivity contribution is 5.55. The minimum absolute atomic E-state index is 0.403. The Hall–Kier alpha value is -1.06. The van der Waals surface area contributed by atoms with Crippen LogP contribution in [0.4, 0.5) is 5.69 Å². The molecule has 0 amide bonds. The first-order valence-electron chi connectivity index (χ1n) is 7.87. The van der Waals surface area contributed by atoms with Crippen LogP contribution < -0.4 is 10.2 Å². The molecule has 20 heavy (non-hydrogen) atoms. The second kappa shape index (κ2) is 7.09. The van der Waals surface area contributed by atoms with Gasteiger partial charge < -0.3 is 15.1 Å². The van der Waals surface area contributed by atoms with Crippen LogP contribution in [0.1, 0.15) is 38.3 Å². The number of para-hydroxylation sites is 1. The summed E-state index contributed by atoms with van der Waals surface area (Å²) in [5, 5.41) is 3.53. The maximum absolute atomic E-state index is 3.53. The third kappa shape index (κ3) is 3.53. The highest BCUT2D eigenvalue weighted by Crippen LogP contribution is 2.28. The first-order valence-corrected chi connectivity index (χ1v) is 7.87. The molecule has 1 N–H and O–H groups in total. The number of likely N-dealkylation sites (tertiary alicyclic amines) is 1. The Morgan fingerprint density at radius 1 is 1.40 bits per heavy atom. The SMILES string of the molecule is CCNC(C)c1ccccc1N(C)C1CCCN(C)C1. The number of rotatable bonds is 5. The maximum Gasteiger partial charge on any atom is 0.0414 e. The summed E-state index contributed by atoms with van der Waals surface area (Å²) < 4.78 is 0. The molecule has 0 bridgehead atoms. The van der Waals surface area contributed by atoms with Gasteiger partial charge in [0.15, 0.2) is 0 Å². The standard InChI is InChI=1S/C17H29N3/c1-5-18-14(2)16-10-6-7-11-17(16)20(4)15-9-8-12-19(3)13-15/h6-7,10-11,14-15,18H,5,8-9,12-13H2,1-4H3. The summed E-state index contributed by atoms with van der Waals surface area (Å²) in [5.74, 6) is 0. The monoisotopic (exact) mass is 275 g/mol. The van der Waals surface area contributed by atoms with E-state index in [2.05, 4.69) is 67.3 Å². The Morgan fingerprint density at radius 3 is 2.85 bits per heavy atom. The van der Waals surface area contributed by atoms with Gasteiger partial charge in [0.2, 0.25) is 0 Å². The van der Waals surface area contributed by atoms with E-state index < -0.39 is 0 Å². The lowest BCUT2D eigenvalue weighted by Crippen LogP contribution is -2.45. The fraction of sp³-hybridized carbons (Fsp3) is 0.647. The van der Waals surface area contributed by atoms with Gasteiger partial charge in [-0.1, -0.05) is 25.1 Å². The van der Waals surface area contributed by atoms with E-state index in [1.165, 1.54) is 37.2 Å². The highest BCUT2D eigenvalue weighted by atomic mass is 15.2. The van der Waals surface area contributed by atoms with Gasteiger partial charge in [0.05, 0.1) is 0 Å². The molecule has 1 aliphatic heterocycles. The summed E-state index contributed by atoms with van der Waals surface area (Å²) in [4.78, 5) is 4.93. The fourth-order valence-electron chi connectivity index (χ4n) is 3.24. The van der Waals surface area contributed by atoms with E-state index in [1.54, 1.807) is 0 Å². The van der Waals surface area contributed by atoms with Crippen molar-refractivity contribution in [2.75, 3.05) is 38.6 Å². The number of anilines is 1. The Labute approximate surface area is 124 Å². The van der Waals surface area contributed by atoms with Crippen LogP contribution in [0.2, 0.25) is 0 Å². The summed E-state index contributed by atoms with van der Waals surface area (Å²) in [7, 11) is 4.48. The Bertz CT molecular complexity index is 418. The van der Waals surface area contributed by atoms with Gasteiger partial charge in [0.1, 0.15) is 0 Å². The highest BCUT2D eigenvalue weighted by Gasteiger charge is 2.23. The molecular formula is C17H29N3. The third-order valence-electron chi connectivity index (χ3n) is 4.44. The van der Waals surface area contributed by atoms with Gasteiger partial charge in [-0.05, 0) is 51.5 Å². The smallest absolute Gasteiger partial charge is 0.0414 e. The van der Waals surface area contributed by atoms with Crippen molar-refractivity contribution < 1.29 is 0 Å². The summed E-state index contributed by atoms with van der Waals surface area (Å²) in [6.07, 6.45) is 2.60. The van der Waals surface area contributed by atoms with Crippen LogP contribution in [0.15, 0.2) is 24.3 Å². The molecule has 1 heterocycles. The van der Waals surface area contributed by atoms with Crippen LogP contribution in [0.5, 0.6) is 0 Å². The molecule has 0 radical (unpaired) electrons. The molecule has 3 nitrogen and oxygen atoms in total. The molecule has 0 aliphatic carbocycles. The van der Waals surface area contributed by atoms with E-state index in [1.807, 2.05) is 0 Å². The van der Waals surface area contributed by atoms with Gasteiger partial charge in [0.25, 0.3) is 0 Å². The molecule has 2 atom stereocenters. The largest absolute Gasteiger partial charge is 0.370 e. The van der Waals surface area contributed by atoms with Crippen molar-refractivity contribution in [1.29, 1.82) is 0 Å². The number of benzene rings is 1. The van der Waals surface area contributed by atoms with Crippen molar-refractivity contribution in [2.24, 2.45) is 0 Å². The minimum Gasteiger partial charge on any atom is -0.370 e. The molecule has 1 aromatic carbocycles. The third-order valence-corrected chi connectivity index (χ3v) is 4.44. The summed E-state index contributed by atoms with van der Waals surface area (Å²) in [6.45, 7) is 7.83. The van der Waals surface area contributed by atoms with E-state index in [4.69, 9.17) is 0 Å². The Kier molecular flexibility index (Phi) is 5.44. The molecule has 1 aliphatic rings. The zero-order valence-electron chi connectivity index (χ0n) is 13.4. The number of nitrogens with zero attached hydrogens (tertiary/aromatic N) is 2. The number of hydrogen-bond donors (Lipinski definition) is 1. The zero-order chi connectivity index (χ0) is 14.5. The maximum atomic E-state index is 3.53.